The number of rotatable bonds is 1. The SMILES string of the molecule is NC1=NC(c2ccc(Br)cc2)CS1. The fourth-order valence-corrected chi connectivity index (χ4v) is 2.31. The van der Waals surface area contributed by atoms with E-state index in [0.29, 0.717) is 5.17 Å². The Hall–Kier alpha value is -0.480. The molecule has 0 fully saturated rings. The molecular formula is C9H9BrN2S. The molecule has 13 heavy (non-hydrogen) atoms. The molecule has 1 heterocycles. The molecule has 1 aromatic rings. The highest BCUT2D eigenvalue weighted by Crippen LogP contribution is 2.29. The van der Waals surface area contributed by atoms with Crippen molar-refractivity contribution >= 4 is 32.9 Å². The lowest BCUT2D eigenvalue weighted by Gasteiger charge is -2.04. The van der Waals surface area contributed by atoms with Gasteiger partial charge in [-0.15, -0.1) is 0 Å². The normalized spacial score (nSPS) is 21.6. The van der Waals surface area contributed by atoms with Crippen LogP contribution in [0.4, 0.5) is 0 Å². The Labute approximate surface area is 89.7 Å². The predicted molar refractivity (Wildman–Crippen MR) is 61.0 cm³/mol. The lowest BCUT2D eigenvalue weighted by Crippen LogP contribution is -2.01. The van der Waals surface area contributed by atoms with Gasteiger partial charge in [-0.2, -0.15) is 0 Å². The maximum absolute atomic E-state index is 5.60. The van der Waals surface area contributed by atoms with Crippen LogP contribution in [0.3, 0.4) is 0 Å². The van der Waals surface area contributed by atoms with Gasteiger partial charge in [-0.1, -0.05) is 39.8 Å². The summed E-state index contributed by atoms with van der Waals surface area (Å²) in [5.74, 6) is 0.966. The summed E-state index contributed by atoms with van der Waals surface area (Å²) in [6.07, 6.45) is 0. The summed E-state index contributed by atoms with van der Waals surface area (Å²) < 4.78 is 1.10. The van der Waals surface area contributed by atoms with Crippen LogP contribution in [0.2, 0.25) is 0 Å². The zero-order chi connectivity index (χ0) is 9.26. The molecule has 1 aliphatic heterocycles. The van der Waals surface area contributed by atoms with E-state index in [1.54, 1.807) is 11.8 Å². The molecule has 2 rings (SSSR count). The van der Waals surface area contributed by atoms with Crippen molar-refractivity contribution in [3.8, 4) is 0 Å². The fourth-order valence-electron chi connectivity index (χ4n) is 1.25. The second kappa shape index (κ2) is 3.72. The van der Waals surface area contributed by atoms with Crippen LogP contribution in [0, 0.1) is 0 Å². The Kier molecular flexibility index (Phi) is 2.60. The van der Waals surface area contributed by atoms with E-state index < -0.39 is 0 Å². The lowest BCUT2D eigenvalue weighted by molar-refractivity contribution is 0.848. The number of benzene rings is 1. The molecule has 68 valence electrons. The summed E-state index contributed by atoms with van der Waals surface area (Å²) in [4.78, 5) is 4.33. The van der Waals surface area contributed by atoms with Crippen molar-refractivity contribution in [1.29, 1.82) is 0 Å². The Bertz CT molecular complexity index is 334. The van der Waals surface area contributed by atoms with Crippen molar-refractivity contribution in [3.05, 3.63) is 34.3 Å². The third kappa shape index (κ3) is 2.06. The Morgan fingerprint density at radius 2 is 2.08 bits per heavy atom. The second-order valence-corrected chi connectivity index (χ2v) is 4.80. The lowest BCUT2D eigenvalue weighted by atomic mass is 10.1. The number of thioether (sulfide) groups is 1. The Morgan fingerprint density at radius 3 is 2.62 bits per heavy atom. The molecule has 1 aliphatic rings. The summed E-state index contributed by atoms with van der Waals surface area (Å²) in [6.45, 7) is 0. The molecule has 4 heteroatoms. The first-order valence-electron chi connectivity index (χ1n) is 3.97. The van der Waals surface area contributed by atoms with Crippen molar-refractivity contribution in [2.75, 3.05) is 5.75 Å². The highest BCUT2D eigenvalue weighted by molar-refractivity contribution is 9.10. The molecule has 1 unspecified atom stereocenters. The molecule has 1 atom stereocenters. The minimum atomic E-state index is 0.248. The van der Waals surface area contributed by atoms with E-state index in [-0.39, 0.29) is 6.04 Å². The summed E-state index contributed by atoms with van der Waals surface area (Å²) >= 11 is 5.02. The zero-order valence-corrected chi connectivity index (χ0v) is 9.31. The highest BCUT2D eigenvalue weighted by Gasteiger charge is 2.17. The van der Waals surface area contributed by atoms with E-state index >= 15 is 0 Å². The van der Waals surface area contributed by atoms with Gasteiger partial charge in [0.1, 0.15) is 0 Å². The van der Waals surface area contributed by atoms with Crippen LogP contribution in [0.1, 0.15) is 11.6 Å². The van der Waals surface area contributed by atoms with Crippen LogP contribution >= 0.6 is 27.7 Å². The first kappa shape index (κ1) is 9.09. The van der Waals surface area contributed by atoms with Crippen LogP contribution in [0.25, 0.3) is 0 Å². The zero-order valence-electron chi connectivity index (χ0n) is 6.90. The number of halogens is 1. The Balaban J connectivity index is 2.22. The van der Waals surface area contributed by atoms with Gasteiger partial charge in [0.25, 0.3) is 0 Å². The van der Waals surface area contributed by atoms with E-state index in [2.05, 4.69) is 33.1 Å². The van der Waals surface area contributed by atoms with Crippen LogP contribution in [0.5, 0.6) is 0 Å². The van der Waals surface area contributed by atoms with Crippen molar-refractivity contribution in [2.24, 2.45) is 10.7 Å². The van der Waals surface area contributed by atoms with Crippen LogP contribution in [-0.4, -0.2) is 10.9 Å². The average molecular weight is 257 g/mol. The van der Waals surface area contributed by atoms with Gasteiger partial charge in [-0.3, -0.25) is 4.99 Å². The summed E-state index contributed by atoms with van der Waals surface area (Å²) in [5.41, 5.74) is 6.83. The number of hydrogen-bond donors (Lipinski definition) is 1. The van der Waals surface area contributed by atoms with Crippen LogP contribution in [0.15, 0.2) is 33.7 Å². The number of aliphatic imine (C=N–C) groups is 1. The van der Waals surface area contributed by atoms with Gasteiger partial charge in [0.05, 0.1) is 6.04 Å². The molecule has 0 radical (unpaired) electrons. The summed E-state index contributed by atoms with van der Waals surface area (Å²) in [6, 6.07) is 8.47. The number of nitrogens with two attached hydrogens (primary N) is 1. The van der Waals surface area contributed by atoms with E-state index in [4.69, 9.17) is 5.73 Å². The minimum absolute atomic E-state index is 0.248. The average Bonchev–Trinajstić information content (AvgIpc) is 2.53. The van der Waals surface area contributed by atoms with Gasteiger partial charge in [0.15, 0.2) is 5.17 Å². The smallest absolute Gasteiger partial charge is 0.154 e. The minimum Gasteiger partial charge on any atom is -0.379 e. The third-order valence-corrected chi connectivity index (χ3v) is 3.34. The standard InChI is InChI=1S/C9H9BrN2S/c10-7-3-1-6(2-4-7)8-5-13-9(11)12-8/h1-4,8H,5H2,(H2,11,12). The molecule has 0 aliphatic carbocycles. The molecule has 2 nitrogen and oxygen atoms in total. The van der Waals surface area contributed by atoms with E-state index in [0.717, 1.165) is 10.2 Å². The van der Waals surface area contributed by atoms with Crippen LogP contribution < -0.4 is 5.73 Å². The van der Waals surface area contributed by atoms with Gasteiger partial charge < -0.3 is 5.73 Å². The molecule has 0 saturated carbocycles. The quantitative estimate of drug-likeness (QED) is 0.839. The van der Waals surface area contributed by atoms with Crippen molar-refractivity contribution in [1.82, 2.24) is 0 Å². The summed E-state index contributed by atoms with van der Waals surface area (Å²) in [5, 5.41) is 0.702. The van der Waals surface area contributed by atoms with Crippen molar-refractivity contribution in [2.45, 2.75) is 6.04 Å². The van der Waals surface area contributed by atoms with Crippen molar-refractivity contribution < 1.29 is 0 Å². The van der Waals surface area contributed by atoms with Gasteiger partial charge in [0, 0.05) is 10.2 Å². The van der Waals surface area contributed by atoms with Gasteiger partial charge in [0.2, 0.25) is 0 Å². The monoisotopic (exact) mass is 256 g/mol. The third-order valence-electron chi connectivity index (χ3n) is 1.93. The molecule has 0 aromatic heterocycles. The maximum atomic E-state index is 5.60. The van der Waals surface area contributed by atoms with Gasteiger partial charge in [-0.05, 0) is 17.7 Å². The highest BCUT2D eigenvalue weighted by atomic mass is 79.9. The van der Waals surface area contributed by atoms with Gasteiger partial charge >= 0.3 is 0 Å². The van der Waals surface area contributed by atoms with E-state index in [1.807, 2.05) is 12.1 Å². The van der Waals surface area contributed by atoms with Crippen LogP contribution in [-0.2, 0) is 0 Å². The molecule has 0 bridgehead atoms. The largest absolute Gasteiger partial charge is 0.379 e. The number of hydrogen-bond acceptors (Lipinski definition) is 3. The molecular weight excluding hydrogens is 248 g/mol. The van der Waals surface area contributed by atoms with Gasteiger partial charge in [-0.25, -0.2) is 0 Å². The Morgan fingerprint density at radius 1 is 1.38 bits per heavy atom. The van der Waals surface area contributed by atoms with E-state index in [1.165, 1.54) is 5.56 Å². The molecule has 0 amide bonds. The molecule has 1 aromatic carbocycles. The first-order valence-corrected chi connectivity index (χ1v) is 5.75. The van der Waals surface area contributed by atoms with E-state index in [9.17, 15) is 0 Å². The topological polar surface area (TPSA) is 38.4 Å². The maximum Gasteiger partial charge on any atom is 0.154 e. The fraction of sp³-hybridized carbons (Fsp3) is 0.222. The number of nitrogens with zero attached hydrogens (tertiary/aromatic N) is 1. The number of amidine groups is 1. The summed E-state index contributed by atoms with van der Waals surface area (Å²) in [7, 11) is 0. The predicted octanol–water partition coefficient (Wildman–Crippen LogP) is 2.55. The first-order chi connectivity index (χ1) is 6.25. The molecule has 2 N–H and O–H groups in total. The second-order valence-electron chi connectivity index (χ2n) is 2.85. The van der Waals surface area contributed by atoms with Crippen molar-refractivity contribution in [3.63, 3.8) is 0 Å². The molecule has 0 spiro atoms. The molecule has 0 saturated heterocycles.